The van der Waals surface area contributed by atoms with E-state index in [1.807, 2.05) is 35.2 Å². The molecule has 0 saturated carbocycles. The minimum absolute atomic E-state index is 0.145. The number of hydrogen-bond acceptors (Lipinski definition) is 5. The lowest BCUT2D eigenvalue weighted by atomic mass is 10.1. The van der Waals surface area contributed by atoms with Gasteiger partial charge in [0.1, 0.15) is 5.01 Å². The van der Waals surface area contributed by atoms with Crippen LogP contribution in [0.15, 0.2) is 30.3 Å². The SMILES string of the molecule is O=C(CNc1nnc(-c2ccccc2)s1)N1CCCCC1. The van der Waals surface area contributed by atoms with E-state index in [4.69, 9.17) is 0 Å². The summed E-state index contributed by atoms with van der Waals surface area (Å²) in [5.74, 6) is 0.145. The fourth-order valence-electron chi connectivity index (χ4n) is 2.40. The van der Waals surface area contributed by atoms with Crippen molar-refractivity contribution in [3.8, 4) is 10.6 Å². The molecule has 1 fully saturated rings. The molecule has 2 heterocycles. The summed E-state index contributed by atoms with van der Waals surface area (Å²) in [4.78, 5) is 14.0. The van der Waals surface area contributed by atoms with Gasteiger partial charge in [-0.3, -0.25) is 4.79 Å². The largest absolute Gasteiger partial charge is 0.351 e. The van der Waals surface area contributed by atoms with Gasteiger partial charge in [-0.2, -0.15) is 0 Å². The maximum atomic E-state index is 12.1. The molecule has 1 aromatic carbocycles. The lowest BCUT2D eigenvalue weighted by molar-refractivity contribution is -0.130. The highest BCUT2D eigenvalue weighted by Crippen LogP contribution is 2.25. The molecular formula is C15H18N4OS. The van der Waals surface area contributed by atoms with E-state index < -0.39 is 0 Å². The number of nitrogens with one attached hydrogen (secondary N) is 1. The second-order valence-corrected chi connectivity index (χ2v) is 6.05. The third kappa shape index (κ3) is 3.58. The molecule has 0 unspecified atom stereocenters. The predicted octanol–water partition coefficient (Wildman–Crippen LogP) is 2.63. The third-order valence-corrected chi connectivity index (χ3v) is 4.48. The Morgan fingerprint density at radius 2 is 1.90 bits per heavy atom. The van der Waals surface area contributed by atoms with E-state index in [1.54, 1.807) is 0 Å². The van der Waals surface area contributed by atoms with Crippen LogP contribution in [0.25, 0.3) is 10.6 Å². The molecule has 1 aliphatic heterocycles. The average Bonchev–Trinajstić information content (AvgIpc) is 3.03. The van der Waals surface area contributed by atoms with Crippen LogP contribution < -0.4 is 5.32 Å². The number of piperidine rings is 1. The molecule has 1 aliphatic rings. The van der Waals surface area contributed by atoms with Crippen molar-refractivity contribution < 1.29 is 4.79 Å². The lowest BCUT2D eigenvalue weighted by Gasteiger charge is -2.26. The molecule has 1 saturated heterocycles. The molecule has 0 aliphatic carbocycles. The standard InChI is InChI=1S/C15H18N4OS/c20-13(19-9-5-2-6-10-19)11-16-15-18-17-14(21-15)12-7-3-1-4-8-12/h1,3-4,7-8H,2,5-6,9-11H2,(H,16,18). The summed E-state index contributed by atoms with van der Waals surface area (Å²) in [5, 5.41) is 12.9. The fourth-order valence-corrected chi connectivity index (χ4v) is 3.14. The van der Waals surface area contributed by atoms with Crippen LogP contribution in [0.5, 0.6) is 0 Å². The first-order valence-corrected chi connectivity index (χ1v) is 8.05. The summed E-state index contributed by atoms with van der Waals surface area (Å²) in [6, 6.07) is 9.93. The second kappa shape index (κ2) is 6.67. The van der Waals surface area contributed by atoms with Gasteiger partial charge >= 0.3 is 0 Å². The number of amides is 1. The molecule has 1 amide bonds. The van der Waals surface area contributed by atoms with Crippen LogP contribution in [-0.4, -0.2) is 40.6 Å². The molecule has 1 aromatic heterocycles. The normalized spacial score (nSPS) is 15.0. The molecule has 2 aromatic rings. The van der Waals surface area contributed by atoms with Crippen LogP contribution in [0.2, 0.25) is 0 Å². The van der Waals surface area contributed by atoms with Crippen molar-refractivity contribution >= 4 is 22.4 Å². The first-order valence-electron chi connectivity index (χ1n) is 7.23. The van der Waals surface area contributed by atoms with Crippen LogP contribution in [0, 0.1) is 0 Å². The molecule has 1 N–H and O–H groups in total. The van der Waals surface area contributed by atoms with Crippen molar-refractivity contribution in [3.63, 3.8) is 0 Å². The molecule has 5 nitrogen and oxygen atoms in total. The third-order valence-electron chi connectivity index (χ3n) is 3.55. The summed E-state index contributed by atoms with van der Waals surface area (Å²) in [7, 11) is 0. The van der Waals surface area contributed by atoms with Gasteiger partial charge in [0.25, 0.3) is 0 Å². The van der Waals surface area contributed by atoms with Gasteiger partial charge in [0.2, 0.25) is 11.0 Å². The number of aromatic nitrogens is 2. The monoisotopic (exact) mass is 302 g/mol. The molecule has 6 heteroatoms. The van der Waals surface area contributed by atoms with Gasteiger partial charge in [-0.25, -0.2) is 0 Å². The zero-order valence-corrected chi connectivity index (χ0v) is 12.6. The number of likely N-dealkylation sites (tertiary alicyclic amines) is 1. The predicted molar refractivity (Wildman–Crippen MR) is 84.3 cm³/mol. The Morgan fingerprint density at radius 3 is 2.67 bits per heavy atom. The van der Waals surface area contributed by atoms with Crippen LogP contribution >= 0.6 is 11.3 Å². The summed E-state index contributed by atoms with van der Waals surface area (Å²) in [6.45, 7) is 2.06. The van der Waals surface area contributed by atoms with E-state index in [0.29, 0.717) is 11.7 Å². The molecule has 110 valence electrons. The van der Waals surface area contributed by atoms with Crippen LogP contribution in [0.1, 0.15) is 19.3 Å². The summed E-state index contributed by atoms with van der Waals surface area (Å²) < 4.78 is 0. The van der Waals surface area contributed by atoms with Gasteiger partial charge < -0.3 is 10.2 Å². The quantitative estimate of drug-likeness (QED) is 0.943. The number of rotatable bonds is 4. The maximum absolute atomic E-state index is 12.1. The van der Waals surface area contributed by atoms with Gasteiger partial charge in [0, 0.05) is 18.7 Å². The average molecular weight is 302 g/mol. The Bertz CT molecular complexity index is 593. The molecule has 0 bridgehead atoms. The summed E-state index contributed by atoms with van der Waals surface area (Å²) >= 11 is 1.47. The first-order chi connectivity index (χ1) is 10.3. The van der Waals surface area contributed by atoms with Crippen molar-refractivity contribution in [1.29, 1.82) is 0 Å². The molecular weight excluding hydrogens is 284 g/mol. The van der Waals surface area contributed by atoms with Crippen LogP contribution in [0.3, 0.4) is 0 Å². The number of carbonyl (C=O) groups is 1. The van der Waals surface area contributed by atoms with E-state index in [1.165, 1.54) is 17.8 Å². The van der Waals surface area contributed by atoms with Gasteiger partial charge in [0.05, 0.1) is 6.54 Å². The van der Waals surface area contributed by atoms with E-state index in [0.717, 1.165) is 36.5 Å². The van der Waals surface area contributed by atoms with Gasteiger partial charge in [-0.05, 0) is 19.3 Å². The van der Waals surface area contributed by atoms with E-state index >= 15 is 0 Å². The number of benzene rings is 1. The van der Waals surface area contributed by atoms with Crippen molar-refractivity contribution in [2.75, 3.05) is 25.0 Å². The van der Waals surface area contributed by atoms with Crippen molar-refractivity contribution in [3.05, 3.63) is 30.3 Å². The second-order valence-electron chi connectivity index (χ2n) is 5.07. The molecule has 0 spiro atoms. The van der Waals surface area contributed by atoms with E-state index in [2.05, 4.69) is 15.5 Å². The molecule has 21 heavy (non-hydrogen) atoms. The summed E-state index contributed by atoms with van der Waals surface area (Å²) in [5.41, 5.74) is 1.05. The van der Waals surface area contributed by atoms with Crippen molar-refractivity contribution in [2.45, 2.75) is 19.3 Å². The Kier molecular flexibility index (Phi) is 4.45. The van der Waals surface area contributed by atoms with E-state index in [9.17, 15) is 4.79 Å². The number of hydrogen-bond donors (Lipinski definition) is 1. The van der Waals surface area contributed by atoms with E-state index in [-0.39, 0.29) is 5.91 Å². The maximum Gasteiger partial charge on any atom is 0.241 e. The number of anilines is 1. The smallest absolute Gasteiger partial charge is 0.241 e. The zero-order valence-electron chi connectivity index (χ0n) is 11.8. The number of carbonyl (C=O) groups excluding carboxylic acids is 1. The van der Waals surface area contributed by atoms with Gasteiger partial charge in [-0.1, -0.05) is 41.7 Å². The highest BCUT2D eigenvalue weighted by atomic mass is 32.1. The highest BCUT2D eigenvalue weighted by Gasteiger charge is 2.16. The zero-order chi connectivity index (χ0) is 14.5. The van der Waals surface area contributed by atoms with Gasteiger partial charge in [-0.15, -0.1) is 10.2 Å². The number of nitrogens with zero attached hydrogens (tertiary/aromatic N) is 3. The minimum Gasteiger partial charge on any atom is -0.351 e. The minimum atomic E-state index is 0.145. The van der Waals surface area contributed by atoms with Crippen molar-refractivity contribution in [2.24, 2.45) is 0 Å². The Morgan fingerprint density at radius 1 is 1.14 bits per heavy atom. The van der Waals surface area contributed by atoms with Crippen LogP contribution in [-0.2, 0) is 4.79 Å². The topological polar surface area (TPSA) is 58.1 Å². The first kappa shape index (κ1) is 14.0. The molecule has 0 radical (unpaired) electrons. The van der Waals surface area contributed by atoms with Crippen LogP contribution in [0.4, 0.5) is 5.13 Å². The van der Waals surface area contributed by atoms with Gasteiger partial charge in [0.15, 0.2) is 0 Å². The Hall–Kier alpha value is -1.95. The molecule has 0 atom stereocenters. The fraction of sp³-hybridized carbons (Fsp3) is 0.400. The molecule has 3 rings (SSSR count). The Labute approximate surface area is 128 Å². The van der Waals surface area contributed by atoms with Crippen molar-refractivity contribution in [1.82, 2.24) is 15.1 Å². The lowest BCUT2D eigenvalue weighted by Crippen LogP contribution is -2.39. The highest BCUT2D eigenvalue weighted by molar-refractivity contribution is 7.18. The summed E-state index contributed by atoms with van der Waals surface area (Å²) in [6.07, 6.45) is 3.46. The Balaban J connectivity index is 1.56.